The van der Waals surface area contributed by atoms with E-state index in [2.05, 4.69) is 5.32 Å². The Hall–Kier alpha value is -2.17. The highest BCUT2D eigenvalue weighted by molar-refractivity contribution is 5.65. The van der Waals surface area contributed by atoms with Gasteiger partial charge in [-0.1, -0.05) is 6.07 Å². The van der Waals surface area contributed by atoms with Gasteiger partial charge in [0.25, 0.3) is 0 Å². The lowest BCUT2D eigenvalue weighted by Gasteiger charge is -2.10. The molecule has 0 saturated carbocycles. The van der Waals surface area contributed by atoms with Gasteiger partial charge in [-0.3, -0.25) is 0 Å². The highest BCUT2D eigenvalue weighted by atomic mass is 19.2. The summed E-state index contributed by atoms with van der Waals surface area (Å²) in [5.74, 6) is -3.22. The number of hydrogen-bond donors (Lipinski definition) is 2. The van der Waals surface area contributed by atoms with Crippen LogP contribution in [0, 0.1) is 24.4 Å². The van der Waals surface area contributed by atoms with Gasteiger partial charge in [0.1, 0.15) is 5.82 Å². The molecule has 2 aromatic carbocycles. The Balaban J connectivity index is 2.36. The third kappa shape index (κ3) is 2.40. The summed E-state index contributed by atoms with van der Waals surface area (Å²) in [6, 6.07) is 6.31. The van der Waals surface area contributed by atoms with Crippen molar-refractivity contribution in [3.05, 3.63) is 53.3 Å². The van der Waals surface area contributed by atoms with Crippen LogP contribution in [0.2, 0.25) is 0 Å². The lowest BCUT2D eigenvalue weighted by atomic mass is 10.2. The van der Waals surface area contributed by atoms with E-state index >= 15 is 0 Å². The maximum atomic E-state index is 13.4. The molecule has 2 aromatic rings. The lowest BCUT2D eigenvalue weighted by Crippen LogP contribution is -1.99. The van der Waals surface area contributed by atoms with E-state index < -0.39 is 17.5 Å². The number of aryl methyl sites for hydroxylation is 1. The molecule has 94 valence electrons. The molecule has 18 heavy (non-hydrogen) atoms. The van der Waals surface area contributed by atoms with E-state index in [9.17, 15) is 13.2 Å². The van der Waals surface area contributed by atoms with E-state index in [-0.39, 0.29) is 5.69 Å². The Labute approximate surface area is 102 Å². The summed E-state index contributed by atoms with van der Waals surface area (Å²) in [5, 5.41) is 2.59. The number of rotatable bonds is 2. The van der Waals surface area contributed by atoms with Gasteiger partial charge in [-0.2, -0.15) is 0 Å². The fourth-order valence-electron chi connectivity index (χ4n) is 1.52. The molecule has 0 aliphatic rings. The van der Waals surface area contributed by atoms with Crippen LogP contribution in [0.15, 0.2) is 30.3 Å². The molecule has 0 heterocycles. The van der Waals surface area contributed by atoms with Crippen molar-refractivity contribution in [1.29, 1.82) is 0 Å². The minimum absolute atomic E-state index is 0.268. The molecule has 0 atom stereocenters. The maximum Gasteiger partial charge on any atom is 0.182 e. The van der Waals surface area contributed by atoms with Gasteiger partial charge in [0.2, 0.25) is 0 Å². The molecule has 3 N–H and O–H groups in total. The summed E-state index contributed by atoms with van der Waals surface area (Å²) < 4.78 is 39.4. The largest absolute Gasteiger partial charge is 0.398 e. The molecule has 0 aromatic heterocycles. The molecule has 0 amide bonds. The zero-order valence-corrected chi connectivity index (χ0v) is 9.60. The van der Waals surface area contributed by atoms with E-state index in [1.54, 1.807) is 18.2 Å². The first kappa shape index (κ1) is 12.3. The Bertz CT molecular complexity index is 597. The summed E-state index contributed by atoms with van der Waals surface area (Å²) in [5.41, 5.74) is 7.26. The predicted molar refractivity (Wildman–Crippen MR) is 65.2 cm³/mol. The van der Waals surface area contributed by atoms with Gasteiger partial charge in [-0.25, -0.2) is 13.2 Å². The minimum Gasteiger partial charge on any atom is -0.398 e. The van der Waals surface area contributed by atoms with Crippen LogP contribution in [0.4, 0.5) is 30.2 Å². The predicted octanol–water partition coefficient (Wildman–Crippen LogP) is 3.74. The second-order valence-corrected chi connectivity index (χ2v) is 3.95. The van der Waals surface area contributed by atoms with Gasteiger partial charge in [0.05, 0.1) is 5.69 Å². The smallest absolute Gasteiger partial charge is 0.182 e. The summed E-state index contributed by atoms with van der Waals surface area (Å²) >= 11 is 0. The van der Waals surface area contributed by atoms with E-state index in [4.69, 9.17) is 5.73 Å². The van der Waals surface area contributed by atoms with Crippen molar-refractivity contribution < 1.29 is 13.2 Å². The van der Waals surface area contributed by atoms with Crippen LogP contribution in [0.1, 0.15) is 5.56 Å². The maximum absolute atomic E-state index is 13.4. The van der Waals surface area contributed by atoms with E-state index in [0.717, 1.165) is 11.6 Å². The average molecular weight is 252 g/mol. The highest BCUT2D eigenvalue weighted by Gasteiger charge is 2.11. The van der Waals surface area contributed by atoms with Crippen LogP contribution in [0.5, 0.6) is 0 Å². The van der Waals surface area contributed by atoms with Crippen LogP contribution in [0.3, 0.4) is 0 Å². The normalized spacial score (nSPS) is 10.4. The molecule has 5 heteroatoms. The molecular formula is C13H11F3N2. The zero-order valence-electron chi connectivity index (χ0n) is 9.60. The minimum atomic E-state index is -1.24. The molecule has 0 saturated heterocycles. The number of nitrogens with one attached hydrogen (secondary N) is 1. The Kier molecular flexibility index (Phi) is 3.14. The summed E-state index contributed by atoms with van der Waals surface area (Å²) in [6.45, 7) is 1.82. The molecule has 0 fully saturated rings. The Morgan fingerprint density at radius 2 is 1.78 bits per heavy atom. The lowest BCUT2D eigenvalue weighted by molar-refractivity contribution is 0.498. The number of benzene rings is 2. The third-order valence-corrected chi connectivity index (χ3v) is 2.55. The van der Waals surface area contributed by atoms with Gasteiger partial charge in [0.15, 0.2) is 11.6 Å². The fourth-order valence-corrected chi connectivity index (χ4v) is 1.52. The quantitative estimate of drug-likeness (QED) is 0.631. The van der Waals surface area contributed by atoms with Gasteiger partial charge < -0.3 is 11.1 Å². The van der Waals surface area contributed by atoms with Crippen molar-refractivity contribution >= 4 is 17.1 Å². The second-order valence-electron chi connectivity index (χ2n) is 3.95. The standard InChI is InChI=1S/C13H11F3N2/c1-7-2-3-9(6-11(7)17)18-12-5-8(14)4-10(15)13(12)16/h2-6,18H,17H2,1H3. The van der Waals surface area contributed by atoms with Crippen LogP contribution in [-0.2, 0) is 0 Å². The molecule has 0 aliphatic carbocycles. The van der Waals surface area contributed by atoms with Crippen molar-refractivity contribution in [2.24, 2.45) is 0 Å². The average Bonchev–Trinajstić information content (AvgIpc) is 2.30. The van der Waals surface area contributed by atoms with Gasteiger partial charge in [-0.15, -0.1) is 0 Å². The van der Waals surface area contributed by atoms with Crippen LogP contribution < -0.4 is 11.1 Å². The number of anilines is 3. The molecule has 0 bridgehead atoms. The molecule has 0 unspecified atom stereocenters. The SMILES string of the molecule is Cc1ccc(Nc2cc(F)cc(F)c2F)cc1N. The van der Waals surface area contributed by atoms with E-state index in [1.165, 1.54) is 0 Å². The van der Waals surface area contributed by atoms with Crippen LogP contribution in [0.25, 0.3) is 0 Å². The molecular weight excluding hydrogens is 241 g/mol. The molecule has 2 rings (SSSR count). The number of hydrogen-bond acceptors (Lipinski definition) is 2. The van der Waals surface area contributed by atoms with Crippen molar-refractivity contribution in [1.82, 2.24) is 0 Å². The monoisotopic (exact) mass is 252 g/mol. The zero-order chi connectivity index (χ0) is 13.3. The van der Waals surface area contributed by atoms with Crippen molar-refractivity contribution in [2.75, 3.05) is 11.1 Å². The van der Waals surface area contributed by atoms with Gasteiger partial charge in [0, 0.05) is 23.5 Å². The highest BCUT2D eigenvalue weighted by Crippen LogP contribution is 2.25. The van der Waals surface area contributed by atoms with Crippen LogP contribution in [-0.4, -0.2) is 0 Å². The fraction of sp³-hybridized carbons (Fsp3) is 0.0769. The molecule has 0 aliphatic heterocycles. The summed E-state index contributed by atoms with van der Waals surface area (Å²) in [4.78, 5) is 0. The molecule has 0 radical (unpaired) electrons. The Morgan fingerprint density at radius 3 is 2.44 bits per heavy atom. The molecule has 2 nitrogen and oxygen atoms in total. The van der Waals surface area contributed by atoms with Crippen molar-refractivity contribution in [3.8, 4) is 0 Å². The first-order valence-electron chi connectivity index (χ1n) is 5.25. The van der Waals surface area contributed by atoms with Gasteiger partial charge in [-0.05, 0) is 24.6 Å². The second kappa shape index (κ2) is 4.60. The number of halogens is 3. The number of nitrogen functional groups attached to an aromatic ring is 1. The Morgan fingerprint density at radius 1 is 1.06 bits per heavy atom. The first-order chi connectivity index (χ1) is 8.47. The van der Waals surface area contributed by atoms with Crippen LogP contribution >= 0.6 is 0 Å². The van der Waals surface area contributed by atoms with E-state index in [1.807, 2.05) is 6.92 Å². The number of nitrogens with two attached hydrogens (primary N) is 1. The summed E-state index contributed by atoms with van der Waals surface area (Å²) in [7, 11) is 0. The third-order valence-electron chi connectivity index (χ3n) is 2.55. The van der Waals surface area contributed by atoms with Crippen molar-refractivity contribution in [2.45, 2.75) is 6.92 Å². The molecule has 0 spiro atoms. The van der Waals surface area contributed by atoms with Crippen molar-refractivity contribution in [3.63, 3.8) is 0 Å². The first-order valence-corrected chi connectivity index (χ1v) is 5.25. The summed E-state index contributed by atoms with van der Waals surface area (Å²) in [6.07, 6.45) is 0. The topological polar surface area (TPSA) is 38.0 Å². The van der Waals surface area contributed by atoms with E-state index in [0.29, 0.717) is 17.4 Å². The van der Waals surface area contributed by atoms with Gasteiger partial charge >= 0.3 is 0 Å².